The van der Waals surface area contributed by atoms with Gasteiger partial charge in [-0.3, -0.25) is 9.51 Å². The van der Waals surface area contributed by atoms with E-state index in [1.54, 1.807) is 13.2 Å². The number of halogens is 2. The lowest BCUT2D eigenvalue weighted by Crippen LogP contribution is -2.04. The maximum atomic E-state index is 14.3. The molecule has 1 fully saturated rings. The smallest absolute Gasteiger partial charge is 0.439 e. The Kier molecular flexibility index (Phi) is 6.05. The minimum absolute atomic E-state index is 0.193. The summed E-state index contributed by atoms with van der Waals surface area (Å²) in [5.41, 5.74) is 7.89. The number of fused-ring (bicyclic) bond motifs is 3. The van der Waals surface area contributed by atoms with Gasteiger partial charge < -0.3 is 13.9 Å². The highest BCUT2D eigenvalue weighted by Crippen LogP contribution is 2.49. The van der Waals surface area contributed by atoms with E-state index in [0.717, 1.165) is 57.6 Å². The third-order valence-electron chi connectivity index (χ3n) is 7.42. The Morgan fingerprint density at radius 1 is 1.20 bits per heavy atom. The van der Waals surface area contributed by atoms with Crippen molar-refractivity contribution in [2.45, 2.75) is 32.5 Å². The van der Waals surface area contributed by atoms with E-state index in [-0.39, 0.29) is 18.3 Å². The van der Waals surface area contributed by atoms with Gasteiger partial charge in [-0.05, 0) is 59.7 Å². The van der Waals surface area contributed by atoms with Gasteiger partial charge in [0.15, 0.2) is 11.5 Å². The van der Waals surface area contributed by atoms with Crippen LogP contribution in [-0.2, 0) is 24.4 Å². The Morgan fingerprint density at radius 2 is 2.05 bits per heavy atom. The first-order valence-electron chi connectivity index (χ1n) is 13.0. The number of methoxy groups -OCH3 is 1. The monoisotopic (exact) mass is 558 g/mol. The van der Waals surface area contributed by atoms with Crippen LogP contribution in [0.15, 0.2) is 64.0 Å². The second-order valence-electron chi connectivity index (χ2n) is 10.1. The van der Waals surface area contributed by atoms with Crippen LogP contribution in [0.25, 0.3) is 16.8 Å². The van der Waals surface area contributed by atoms with E-state index in [1.807, 2.05) is 22.7 Å². The summed E-state index contributed by atoms with van der Waals surface area (Å²) in [4.78, 5) is 19.4. The molecule has 3 aromatic heterocycles. The molecule has 10 heteroatoms. The highest BCUT2D eigenvalue weighted by Gasteiger charge is 2.35. The third kappa shape index (κ3) is 4.31. The van der Waals surface area contributed by atoms with Gasteiger partial charge in [-0.1, -0.05) is 35.0 Å². The van der Waals surface area contributed by atoms with E-state index in [9.17, 15) is 9.18 Å². The van der Waals surface area contributed by atoms with Crippen LogP contribution >= 0.6 is 11.6 Å². The van der Waals surface area contributed by atoms with Crippen LogP contribution in [0.5, 0.6) is 5.75 Å². The van der Waals surface area contributed by atoms with Crippen molar-refractivity contribution in [3.05, 3.63) is 116 Å². The summed E-state index contributed by atoms with van der Waals surface area (Å²) >= 11 is 6.44. The highest BCUT2D eigenvalue weighted by molar-refractivity contribution is 6.33. The topological polar surface area (TPSA) is 94.7 Å². The predicted octanol–water partition coefficient (Wildman–Crippen LogP) is 5.80. The van der Waals surface area contributed by atoms with Gasteiger partial charge in [-0.15, -0.1) is 0 Å². The second kappa shape index (κ2) is 9.76. The number of benzene rings is 2. The van der Waals surface area contributed by atoms with Crippen molar-refractivity contribution >= 4 is 28.4 Å². The molecule has 40 heavy (non-hydrogen) atoms. The molecule has 1 aliphatic carbocycles. The molecule has 7 rings (SSSR count). The van der Waals surface area contributed by atoms with Crippen LogP contribution in [0.1, 0.15) is 52.3 Å². The predicted molar refractivity (Wildman–Crippen MR) is 147 cm³/mol. The van der Waals surface area contributed by atoms with E-state index in [4.69, 9.17) is 30.6 Å². The molecule has 0 bridgehead atoms. The molecule has 0 atom stereocenters. The fourth-order valence-corrected chi connectivity index (χ4v) is 5.74. The van der Waals surface area contributed by atoms with Crippen molar-refractivity contribution in [1.82, 2.24) is 19.5 Å². The number of hydrogen-bond acceptors (Lipinski definition) is 6. The first-order chi connectivity index (χ1) is 19.5. The first kappa shape index (κ1) is 24.8. The number of aromatic nitrogens is 4. The summed E-state index contributed by atoms with van der Waals surface area (Å²) in [5, 5.41) is 4.60. The average molecular weight is 559 g/mol. The number of nitrogens with zero attached hydrogens (tertiary/aromatic N) is 3. The van der Waals surface area contributed by atoms with Crippen molar-refractivity contribution in [3.63, 3.8) is 0 Å². The lowest BCUT2D eigenvalue weighted by molar-refractivity contribution is 0.181. The molecule has 202 valence electrons. The van der Waals surface area contributed by atoms with Crippen molar-refractivity contribution in [2.24, 2.45) is 5.92 Å². The fraction of sp³-hybridized carbons (Fsp3) is 0.233. The molecule has 1 saturated carbocycles. The first-order valence-corrected chi connectivity index (χ1v) is 13.4. The second-order valence-corrected chi connectivity index (χ2v) is 10.5. The van der Waals surface area contributed by atoms with Gasteiger partial charge in [0.2, 0.25) is 0 Å². The summed E-state index contributed by atoms with van der Waals surface area (Å²) < 4.78 is 32.8. The maximum Gasteiger partial charge on any atom is 0.439 e. The number of pyridine rings is 1. The zero-order valence-corrected chi connectivity index (χ0v) is 22.3. The molecule has 0 unspecified atom stereocenters. The normalized spacial score (nSPS) is 15.9. The molecule has 4 heterocycles. The van der Waals surface area contributed by atoms with Gasteiger partial charge in [0, 0.05) is 42.5 Å². The number of aromatic amines is 1. The average Bonchev–Trinajstić information content (AvgIpc) is 3.63. The Hall–Kier alpha value is -4.21. The number of hydrogen-bond donors (Lipinski definition) is 1. The number of nitrogens with one attached hydrogen (secondary N) is 1. The van der Waals surface area contributed by atoms with Crippen molar-refractivity contribution in [2.75, 3.05) is 7.11 Å². The van der Waals surface area contributed by atoms with E-state index in [0.29, 0.717) is 35.3 Å². The quantitative estimate of drug-likeness (QED) is 0.283. The molecule has 2 aromatic carbocycles. The Balaban J connectivity index is 1.39. The van der Waals surface area contributed by atoms with Crippen LogP contribution in [0.3, 0.4) is 0 Å². The highest BCUT2D eigenvalue weighted by atomic mass is 35.5. The number of allylic oxidation sites excluding steroid dienone is 1. The number of ether oxygens (including phenoxy) is 2. The molecule has 1 aliphatic heterocycles. The molecule has 1 N–H and O–H groups in total. The Bertz CT molecular complexity index is 1870. The van der Waals surface area contributed by atoms with Crippen LogP contribution < -0.4 is 10.5 Å². The van der Waals surface area contributed by atoms with Gasteiger partial charge >= 0.3 is 5.76 Å². The summed E-state index contributed by atoms with van der Waals surface area (Å²) in [5.74, 6) is 0.0221. The van der Waals surface area contributed by atoms with Gasteiger partial charge in [0.05, 0.1) is 23.0 Å². The lowest BCUT2D eigenvalue weighted by Gasteiger charge is -2.16. The van der Waals surface area contributed by atoms with Crippen molar-refractivity contribution in [1.29, 1.82) is 0 Å². The molecule has 0 amide bonds. The molecule has 0 radical (unpaired) electrons. The summed E-state index contributed by atoms with van der Waals surface area (Å²) in [6.45, 7) is 0.607. The number of imidazole rings is 1. The van der Waals surface area contributed by atoms with Crippen LogP contribution in [-0.4, -0.2) is 26.6 Å². The Labute approximate surface area is 233 Å². The van der Waals surface area contributed by atoms with E-state index in [1.165, 1.54) is 12.1 Å². The summed E-state index contributed by atoms with van der Waals surface area (Å²) in [6, 6.07) is 14.5. The summed E-state index contributed by atoms with van der Waals surface area (Å²) in [7, 11) is 1.64. The largest absolute Gasteiger partial charge is 0.488 e. The number of rotatable bonds is 6. The molecular formula is C30H24ClFN4O4. The maximum absolute atomic E-state index is 14.3. The van der Waals surface area contributed by atoms with Gasteiger partial charge in [-0.25, -0.2) is 14.2 Å². The summed E-state index contributed by atoms with van der Waals surface area (Å²) in [6.07, 6.45) is 4.44. The van der Waals surface area contributed by atoms with E-state index < -0.39 is 5.76 Å². The van der Waals surface area contributed by atoms with Crippen molar-refractivity contribution in [3.8, 4) is 5.75 Å². The molecule has 0 saturated heterocycles. The van der Waals surface area contributed by atoms with Gasteiger partial charge in [-0.2, -0.15) is 0 Å². The van der Waals surface area contributed by atoms with Gasteiger partial charge in [0.25, 0.3) is 0 Å². The standard InChI is InChI=1S/C30H24ClFN4O4/c1-38-15-23-24(36-10-2-3-22(31)29(36)33-23)12-16-4-8-20-18(11-16)14-39-25-13-19(32)7-9-21(25)27(20)26(17-5-6-17)28-34-30(37)40-35-28/h2-4,7-11,13,17H,5-6,12,14-15H2,1H3,(H,34,35,37)/b27-26-. The van der Waals surface area contributed by atoms with Crippen LogP contribution in [0.4, 0.5) is 4.39 Å². The third-order valence-corrected chi connectivity index (χ3v) is 7.72. The van der Waals surface area contributed by atoms with Gasteiger partial charge in [0.1, 0.15) is 18.2 Å². The fourth-order valence-electron chi connectivity index (χ4n) is 5.53. The molecule has 8 nitrogen and oxygen atoms in total. The van der Waals surface area contributed by atoms with Crippen LogP contribution in [0.2, 0.25) is 5.02 Å². The SMILES string of the molecule is COCc1nc2c(Cl)cccn2c1Cc1ccc2c(c1)COc1cc(F)ccc1/C2=C(\c1noc(=O)[nH]1)C1CC1. The zero-order chi connectivity index (χ0) is 27.4. The minimum atomic E-state index is -0.617. The van der Waals surface area contributed by atoms with Crippen LogP contribution in [0, 0.1) is 11.7 Å². The number of H-pyrrole nitrogens is 1. The van der Waals surface area contributed by atoms with Crippen molar-refractivity contribution < 1.29 is 18.4 Å². The lowest BCUT2D eigenvalue weighted by atomic mass is 9.87. The molecule has 5 aromatic rings. The van der Waals surface area contributed by atoms with E-state index in [2.05, 4.69) is 28.3 Å². The molecule has 0 spiro atoms. The van der Waals surface area contributed by atoms with E-state index >= 15 is 0 Å². The molecular weight excluding hydrogens is 535 g/mol. The molecule has 2 aliphatic rings. The minimum Gasteiger partial charge on any atom is -0.488 e. The zero-order valence-electron chi connectivity index (χ0n) is 21.5. The Morgan fingerprint density at radius 3 is 2.83 bits per heavy atom.